The van der Waals surface area contributed by atoms with Crippen molar-refractivity contribution in [2.45, 2.75) is 31.2 Å². The molecule has 0 radical (unpaired) electrons. The molecular formula is C18H28N2O2S. The lowest BCUT2D eigenvalue weighted by atomic mass is 9.83. The van der Waals surface area contributed by atoms with E-state index in [1.54, 1.807) is 16.7 Å². The molecule has 5 heteroatoms. The second kappa shape index (κ2) is 8.18. The topological polar surface area (TPSA) is 43.8 Å². The van der Waals surface area contributed by atoms with Gasteiger partial charge in [-0.3, -0.25) is 9.69 Å². The molecule has 0 spiro atoms. The summed E-state index contributed by atoms with van der Waals surface area (Å²) in [5.41, 5.74) is 1.09. The van der Waals surface area contributed by atoms with Crippen molar-refractivity contribution in [2.75, 3.05) is 39.5 Å². The maximum absolute atomic E-state index is 12.5. The molecule has 1 aromatic rings. The summed E-state index contributed by atoms with van der Waals surface area (Å²) in [6, 6.07) is 8.35. The van der Waals surface area contributed by atoms with Gasteiger partial charge in [0.1, 0.15) is 0 Å². The second-order valence-electron chi connectivity index (χ2n) is 6.88. The molecule has 1 saturated heterocycles. The van der Waals surface area contributed by atoms with E-state index in [-0.39, 0.29) is 17.9 Å². The number of likely N-dealkylation sites (N-methyl/N-ethyl adjacent to an activating group) is 1. The fraction of sp³-hybridized carbons (Fsp3) is 0.611. The molecule has 4 nitrogen and oxygen atoms in total. The Morgan fingerprint density at radius 1 is 1.39 bits per heavy atom. The molecule has 1 aliphatic heterocycles. The number of thioether (sulfide) groups is 1. The first-order valence-electron chi connectivity index (χ1n) is 8.16. The number of nitrogens with zero attached hydrogens (tertiary/aromatic N) is 2. The van der Waals surface area contributed by atoms with Crippen LogP contribution in [0.1, 0.15) is 25.3 Å². The Kier molecular flexibility index (Phi) is 6.50. The molecule has 1 aliphatic rings. The summed E-state index contributed by atoms with van der Waals surface area (Å²) in [5.74, 6) is 0.140. The molecule has 0 aromatic heterocycles. The van der Waals surface area contributed by atoms with Gasteiger partial charge in [-0.15, -0.1) is 11.8 Å². The Bertz CT molecular complexity index is 520. The van der Waals surface area contributed by atoms with Gasteiger partial charge in [-0.25, -0.2) is 0 Å². The Labute approximate surface area is 143 Å². The van der Waals surface area contributed by atoms with Crippen LogP contribution >= 0.6 is 11.8 Å². The zero-order chi connectivity index (χ0) is 16.9. The van der Waals surface area contributed by atoms with Gasteiger partial charge in [0, 0.05) is 37.1 Å². The van der Waals surface area contributed by atoms with Crippen LogP contribution in [0, 0.1) is 5.41 Å². The third kappa shape index (κ3) is 5.23. The molecule has 1 fully saturated rings. The highest BCUT2D eigenvalue weighted by atomic mass is 32.2. The highest BCUT2D eigenvalue weighted by Crippen LogP contribution is 2.28. The number of aliphatic hydroxyl groups excluding tert-OH is 1. The summed E-state index contributed by atoms with van der Waals surface area (Å²) in [5, 5.41) is 9.53. The SMILES string of the molecule is CSc1ccc(CN(C)C(=O)CN2CCCC(C)(CO)C2)cc1. The number of rotatable bonds is 6. The molecule has 1 N–H and O–H groups in total. The highest BCUT2D eigenvalue weighted by Gasteiger charge is 2.31. The van der Waals surface area contributed by atoms with Gasteiger partial charge in [0.25, 0.3) is 0 Å². The number of likely N-dealkylation sites (tertiary alicyclic amines) is 1. The largest absolute Gasteiger partial charge is 0.396 e. The van der Waals surface area contributed by atoms with Crippen LogP contribution in [0.25, 0.3) is 0 Å². The van der Waals surface area contributed by atoms with E-state index in [2.05, 4.69) is 42.3 Å². The van der Waals surface area contributed by atoms with Crippen LogP contribution in [0.15, 0.2) is 29.2 Å². The molecule has 1 aromatic carbocycles. The van der Waals surface area contributed by atoms with E-state index in [0.717, 1.165) is 31.5 Å². The lowest BCUT2D eigenvalue weighted by molar-refractivity contribution is -0.132. The first-order chi connectivity index (χ1) is 11.0. The fourth-order valence-electron chi connectivity index (χ4n) is 3.10. The molecule has 1 atom stereocenters. The van der Waals surface area contributed by atoms with Gasteiger partial charge in [0.15, 0.2) is 0 Å². The minimum atomic E-state index is -0.0647. The minimum Gasteiger partial charge on any atom is -0.396 e. The van der Waals surface area contributed by atoms with Crippen molar-refractivity contribution in [2.24, 2.45) is 5.41 Å². The number of piperidine rings is 1. The maximum atomic E-state index is 12.5. The van der Waals surface area contributed by atoms with Crippen LogP contribution in [0.5, 0.6) is 0 Å². The average molecular weight is 337 g/mol. The number of aliphatic hydroxyl groups is 1. The fourth-order valence-corrected chi connectivity index (χ4v) is 3.50. The van der Waals surface area contributed by atoms with E-state index >= 15 is 0 Å². The first-order valence-corrected chi connectivity index (χ1v) is 9.38. The number of hydrogen-bond donors (Lipinski definition) is 1. The van der Waals surface area contributed by atoms with E-state index in [0.29, 0.717) is 13.1 Å². The molecular weight excluding hydrogens is 308 g/mol. The summed E-state index contributed by atoms with van der Waals surface area (Å²) < 4.78 is 0. The molecule has 0 aliphatic carbocycles. The predicted molar refractivity (Wildman–Crippen MR) is 95.6 cm³/mol. The van der Waals surface area contributed by atoms with Crippen molar-refractivity contribution >= 4 is 17.7 Å². The zero-order valence-corrected chi connectivity index (χ0v) is 15.2. The third-order valence-electron chi connectivity index (χ3n) is 4.61. The molecule has 0 bridgehead atoms. The van der Waals surface area contributed by atoms with Crippen molar-refractivity contribution in [3.05, 3.63) is 29.8 Å². The smallest absolute Gasteiger partial charge is 0.236 e. The Hall–Kier alpha value is -1.04. The highest BCUT2D eigenvalue weighted by molar-refractivity contribution is 7.98. The molecule has 2 rings (SSSR count). The van der Waals surface area contributed by atoms with Gasteiger partial charge < -0.3 is 10.0 Å². The molecule has 1 heterocycles. The van der Waals surface area contributed by atoms with Crippen molar-refractivity contribution < 1.29 is 9.90 Å². The quantitative estimate of drug-likeness (QED) is 0.811. The maximum Gasteiger partial charge on any atom is 0.236 e. The van der Waals surface area contributed by atoms with E-state index in [4.69, 9.17) is 0 Å². The Morgan fingerprint density at radius 3 is 2.70 bits per heavy atom. The summed E-state index contributed by atoms with van der Waals surface area (Å²) in [6.07, 6.45) is 4.14. The number of amides is 1. The van der Waals surface area contributed by atoms with Crippen LogP contribution in [-0.4, -0.2) is 60.4 Å². The molecule has 128 valence electrons. The van der Waals surface area contributed by atoms with E-state index in [1.165, 1.54) is 4.90 Å². The Morgan fingerprint density at radius 2 is 2.09 bits per heavy atom. The molecule has 23 heavy (non-hydrogen) atoms. The summed E-state index contributed by atoms with van der Waals surface area (Å²) in [4.78, 5) is 17.7. The summed E-state index contributed by atoms with van der Waals surface area (Å²) in [6.45, 7) is 5.10. The molecule has 0 saturated carbocycles. The summed E-state index contributed by atoms with van der Waals surface area (Å²) in [7, 11) is 1.86. The van der Waals surface area contributed by atoms with Crippen LogP contribution in [0.2, 0.25) is 0 Å². The molecule has 1 unspecified atom stereocenters. The third-order valence-corrected chi connectivity index (χ3v) is 5.35. The van der Waals surface area contributed by atoms with E-state index in [9.17, 15) is 9.90 Å². The number of carbonyl (C=O) groups is 1. The summed E-state index contributed by atoms with van der Waals surface area (Å²) >= 11 is 1.72. The first kappa shape index (κ1) is 18.3. The normalized spacial score (nSPS) is 22.1. The second-order valence-corrected chi connectivity index (χ2v) is 7.76. The average Bonchev–Trinajstić information content (AvgIpc) is 2.55. The van der Waals surface area contributed by atoms with Gasteiger partial charge in [0.05, 0.1) is 6.54 Å². The van der Waals surface area contributed by atoms with E-state index in [1.807, 2.05) is 7.05 Å². The number of carbonyl (C=O) groups excluding carboxylic acids is 1. The van der Waals surface area contributed by atoms with Crippen LogP contribution in [-0.2, 0) is 11.3 Å². The van der Waals surface area contributed by atoms with Crippen LogP contribution in [0.4, 0.5) is 0 Å². The van der Waals surface area contributed by atoms with Crippen molar-refractivity contribution in [3.63, 3.8) is 0 Å². The standard InChI is InChI=1S/C18H28N2O2S/c1-18(14-21)9-4-10-20(13-18)12-17(22)19(2)11-15-5-7-16(23-3)8-6-15/h5-8,21H,4,9-14H2,1-3H3. The van der Waals surface area contributed by atoms with Crippen LogP contribution in [0.3, 0.4) is 0 Å². The predicted octanol–water partition coefficient (Wildman–Crippen LogP) is 2.46. The van der Waals surface area contributed by atoms with Gasteiger partial charge in [-0.2, -0.15) is 0 Å². The van der Waals surface area contributed by atoms with E-state index < -0.39 is 0 Å². The van der Waals surface area contributed by atoms with Gasteiger partial charge in [-0.05, 0) is 43.3 Å². The minimum absolute atomic E-state index is 0.0647. The van der Waals surface area contributed by atoms with Crippen LogP contribution < -0.4 is 0 Å². The Balaban J connectivity index is 1.86. The van der Waals surface area contributed by atoms with Gasteiger partial charge in [-0.1, -0.05) is 19.1 Å². The molecule has 1 amide bonds. The number of benzene rings is 1. The monoisotopic (exact) mass is 336 g/mol. The lowest BCUT2D eigenvalue weighted by Gasteiger charge is -2.39. The van der Waals surface area contributed by atoms with Gasteiger partial charge in [0.2, 0.25) is 5.91 Å². The van der Waals surface area contributed by atoms with Crippen molar-refractivity contribution in [1.29, 1.82) is 0 Å². The zero-order valence-electron chi connectivity index (χ0n) is 14.4. The van der Waals surface area contributed by atoms with Crippen molar-refractivity contribution in [3.8, 4) is 0 Å². The van der Waals surface area contributed by atoms with Crippen molar-refractivity contribution in [1.82, 2.24) is 9.80 Å². The lowest BCUT2D eigenvalue weighted by Crippen LogP contribution is -2.47. The number of hydrogen-bond acceptors (Lipinski definition) is 4. The van der Waals surface area contributed by atoms with Gasteiger partial charge >= 0.3 is 0 Å².